The Morgan fingerprint density at radius 2 is 1.67 bits per heavy atom. The maximum Gasteiger partial charge on any atom is 0.261 e. The molecule has 0 spiro atoms. The van der Waals surface area contributed by atoms with Crippen molar-refractivity contribution in [1.29, 1.82) is 0 Å². The SMILES string of the molecule is CCCNC(=O)[C@H](Cc1ccccc1)N(Cc1ccc(Cl)cc1Cl)C(=O)COc1cc(C)cc(C)c1. The highest BCUT2D eigenvalue weighted by atomic mass is 35.5. The van der Waals surface area contributed by atoms with Crippen molar-refractivity contribution in [2.75, 3.05) is 13.2 Å². The van der Waals surface area contributed by atoms with E-state index in [0.717, 1.165) is 23.1 Å². The predicted molar refractivity (Wildman–Crippen MR) is 146 cm³/mol. The second-order valence-corrected chi connectivity index (χ2v) is 9.71. The van der Waals surface area contributed by atoms with Crippen LogP contribution in [-0.4, -0.2) is 35.9 Å². The number of rotatable bonds is 11. The Morgan fingerprint density at radius 3 is 2.31 bits per heavy atom. The van der Waals surface area contributed by atoms with Crippen molar-refractivity contribution in [2.45, 2.75) is 46.2 Å². The first kappa shape index (κ1) is 27.6. The average molecular weight is 527 g/mol. The van der Waals surface area contributed by atoms with E-state index >= 15 is 0 Å². The van der Waals surface area contributed by atoms with E-state index in [1.165, 1.54) is 0 Å². The van der Waals surface area contributed by atoms with Crippen LogP contribution in [0.1, 0.15) is 35.6 Å². The van der Waals surface area contributed by atoms with Gasteiger partial charge in [0.05, 0.1) is 0 Å². The van der Waals surface area contributed by atoms with Crippen LogP contribution in [0.4, 0.5) is 0 Å². The second-order valence-electron chi connectivity index (χ2n) is 8.87. The molecule has 0 bridgehead atoms. The summed E-state index contributed by atoms with van der Waals surface area (Å²) in [7, 11) is 0. The van der Waals surface area contributed by atoms with E-state index in [-0.39, 0.29) is 25.0 Å². The number of aryl methyl sites for hydroxylation is 2. The Hall–Kier alpha value is -3.02. The molecule has 2 amide bonds. The lowest BCUT2D eigenvalue weighted by molar-refractivity contribution is -0.142. The molecule has 0 heterocycles. The number of halogens is 2. The van der Waals surface area contributed by atoms with E-state index in [9.17, 15) is 9.59 Å². The average Bonchev–Trinajstić information content (AvgIpc) is 2.84. The number of amides is 2. The molecular weight excluding hydrogens is 495 g/mol. The molecule has 0 fully saturated rings. The van der Waals surface area contributed by atoms with Gasteiger partial charge < -0.3 is 15.0 Å². The molecular formula is C29H32Cl2N2O3. The van der Waals surface area contributed by atoms with E-state index in [4.69, 9.17) is 27.9 Å². The monoisotopic (exact) mass is 526 g/mol. The van der Waals surface area contributed by atoms with Gasteiger partial charge in [-0.1, -0.05) is 72.6 Å². The van der Waals surface area contributed by atoms with Gasteiger partial charge in [-0.3, -0.25) is 9.59 Å². The molecule has 0 saturated carbocycles. The molecule has 36 heavy (non-hydrogen) atoms. The molecule has 1 atom stereocenters. The summed E-state index contributed by atoms with van der Waals surface area (Å²) in [5.74, 6) is 0.0821. The zero-order chi connectivity index (χ0) is 26.1. The van der Waals surface area contributed by atoms with E-state index in [1.807, 2.05) is 69.3 Å². The Labute approximate surface area is 223 Å². The second kappa shape index (κ2) is 13.3. The number of carbonyl (C=O) groups is 2. The number of carbonyl (C=O) groups excluding carboxylic acids is 2. The Bertz CT molecular complexity index is 1160. The number of benzene rings is 3. The number of ether oxygens (including phenoxy) is 1. The van der Waals surface area contributed by atoms with Crippen LogP contribution < -0.4 is 10.1 Å². The maximum atomic E-state index is 13.6. The maximum absolute atomic E-state index is 13.6. The molecule has 1 N–H and O–H groups in total. The van der Waals surface area contributed by atoms with Crippen LogP contribution in [0, 0.1) is 13.8 Å². The lowest BCUT2D eigenvalue weighted by atomic mass is 10.0. The highest BCUT2D eigenvalue weighted by molar-refractivity contribution is 6.35. The fourth-order valence-corrected chi connectivity index (χ4v) is 4.47. The summed E-state index contributed by atoms with van der Waals surface area (Å²) >= 11 is 12.5. The molecule has 190 valence electrons. The van der Waals surface area contributed by atoms with Crippen molar-refractivity contribution in [2.24, 2.45) is 0 Å². The molecule has 7 heteroatoms. The smallest absolute Gasteiger partial charge is 0.261 e. The normalized spacial score (nSPS) is 11.6. The first-order valence-electron chi connectivity index (χ1n) is 12.0. The minimum absolute atomic E-state index is 0.141. The van der Waals surface area contributed by atoms with Crippen LogP contribution in [0.25, 0.3) is 0 Å². The molecule has 0 aliphatic heterocycles. The summed E-state index contributed by atoms with van der Waals surface area (Å²) in [4.78, 5) is 28.5. The minimum Gasteiger partial charge on any atom is -0.484 e. The topological polar surface area (TPSA) is 58.6 Å². The Balaban J connectivity index is 1.93. The van der Waals surface area contributed by atoms with E-state index in [0.29, 0.717) is 34.3 Å². The molecule has 3 aromatic rings. The largest absolute Gasteiger partial charge is 0.484 e. The first-order chi connectivity index (χ1) is 17.3. The van der Waals surface area contributed by atoms with Gasteiger partial charge in [-0.15, -0.1) is 0 Å². The molecule has 0 radical (unpaired) electrons. The van der Waals surface area contributed by atoms with Crippen molar-refractivity contribution in [3.63, 3.8) is 0 Å². The fraction of sp³-hybridized carbons (Fsp3) is 0.310. The van der Waals surface area contributed by atoms with Gasteiger partial charge in [0.25, 0.3) is 5.91 Å². The Morgan fingerprint density at radius 1 is 0.972 bits per heavy atom. The standard InChI is InChI=1S/C29H32Cl2N2O3/c1-4-12-32-29(35)27(16-22-8-6-5-7-9-22)33(18-23-10-11-24(30)17-26(23)31)28(34)19-36-25-14-20(2)13-21(3)15-25/h5-11,13-15,17,27H,4,12,16,18-19H2,1-3H3,(H,32,35)/t27-/m0/s1. The number of nitrogens with one attached hydrogen (secondary N) is 1. The van der Waals surface area contributed by atoms with Crippen LogP contribution in [0.5, 0.6) is 5.75 Å². The van der Waals surface area contributed by atoms with Gasteiger partial charge in [-0.25, -0.2) is 0 Å². The fourth-order valence-electron chi connectivity index (χ4n) is 4.00. The van der Waals surface area contributed by atoms with Crippen LogP contribution >= 0.6 is 23.2 Å². The van der Waals surface area contributed by atoms with Crippen molar-refractivity contribution >= 4 is 35.0 Å². The van der Waals surface area contributed by atoms with E-state index < -0.39 is 6.04 Å². The molecule has 0 unspecified atom stereocenters. The first-order valence-corrected chi connectivity index (χ1v) is 12.8. The Kier molecular flexibility index (Phi) is 10.2. The van der Waals surface area contributed by atoms with E-state index in [1.54, 1.807) is 23.1 Å². The molecule has 3 aromatic carbocycles. The highest BCUT2D eigenvalue weighted by Gasteiger charge is 2.31. The predicted octanol–water partition coefficient (Wildman–Crippen LogP) is 6.16. The summed E-state index contributed by atoms with van der Waals surface area (Å²) in [6.45, 7) is 6.39. The lowest BCUT2D eigenvalue weighted by Crippen LogP contribution is -2.51. The van der Waals surface area contributed by atoms with Gasteiger partial charge in [0.1, 0.15) is 11.8 Å². The summed E-state index contributed by atoms with van der Waals surface area (Å²) < 4.78 is 5.88. The van der Waals surface area contributed by atoms with Crippen LogP contribution in [-0.2, 0) is 22.6 Å². The van der Waals surface area contributed by atoms with Gasteiger partial charge in [-0.2, -0.15) is 0 Å². The van der Waals surface area contributed by atoms with Crippen molar-refractivity contribution < 1.29 is 14.3 Å². The van der Waals surface area contributed by atoms with Crippen LogP contribution in [0.3, 0.4) is 0 Å². The van der Waals surface area contributed by atoms with Gasteiger partial charge in [0, 0.05) is 29.6 Å². The third kappa shape index (κ3) is 8.00. The summed E-state index contributed by atoms with van der Waals surface area (Å²) in [5, 5.41) is 3.89. The summed E-state index contributed by atoms with van der Waals surface area (Å²) in [6, 6.07) is 19.8. The third-order valence-corrected chi connectivity index (χ3v) is 6.32. The molecule has 0 aliphatic carbocycles. The van der Waals surface area contributed by atoms with Gasteiger partial charge in [0.2, 0.25) is 5.91 Å². The van der Waals surface area contributed by atoms with Gasteiger partial charge in [-0.05, 0) is 66.8 Å². The number of hydrogen-bond donors (Lipinski definition) is 1. The quantitative estimate of drug-likeness (QED) is 0.325. The van der Waals surface area contributed by atoms with Crippen molar-refractivity contribution in [1.82, 2.24) is 10.2 Å². The number of nitrogens with zero attached hydrogens (tertiary/aromatic N) is 1. The third-order valence-electron chi connectivity index (χ3n) is 5.73. The highest BCUT2D eigenvalue weighted by Crippen LogP contribution is 2.24. The van der Waals surface area contributed by atoms with E-state index in [2.05, 4.69) is 5.32 Å². The molecule has 5 nitrogen and oxygen atoms in total. The summed E-state index contributed by atoms with van der Waals surface area (Å²) in [5.41, 5.74) is 3.73. The minimum atomic E-state index is -0.749. The van der Waals surface area contributed by atoms with Crippen molar-refractivity contribution in [3.8, 4) is 5.75 Å². The zero-order valence-electron chi connectivity index (χ0n) is 20.9. The molecule has 3 rings (SSSR count). The molecule has 0 saturated heterocycles. The van der Waals surface area contributed by atoms with Gasteiger partial charge >= 0.3 is 0 Å². The van der Waals surface area contributed by atoms with Crippen LogP contribution in [0.2, 0.25) is 10.0 Å². The van der Waals surface area contributed by atoms with Crippen LogP contribution in [0.15, 0.2) is 66.7 Å². The zero-order valence-corrected chi connectivity index (χ0v) is 22.4. The molecule has 0 aliphatic rings. The van der Waals surface area contributed by atoms with Gasteiger partial charge in [0.15, 0.2) is 6.61 Å². The summed E-state index contributed by atoms with van der Waals surface area (Å²) in [6.07, 6.45) is 1.15. The molecule has 0 aromatic heterocycles. The lowest BCUT2D eigenvalue weighted by Gasteiger charge is -2.31. The van der Waals surface area contributed by atoms with Crippen molar-refractivity contribution in [3.05, 3.63) is 99.0 Å². The number of hydrogen-bond acceptors (Lipinski definition) is 3.